The maximum Gasteiger partial charge on any atom is 0.354 e. The topological polar surface area (TPSA) is 108 Å². The number of rotatable bonds is 16. The molecule has 2 N–H and O–H groups in total. The van der Waals surface area contributed by atoms with Crippen LogP contribution in [0.25, 0.3) is 22.0 Å². The first-order valence-corrected chi connectivity index (χ1v) is 20.5. The zero-order valence-electron chi connectivity index (χ0n) is 29.8. The van der Waals surface area contributed by atoms with Crippen LogP contribution in [0.3, 0.4) is 0 Å². The Balaban J connectivity index is 1.34. The summed E-state index contributed by atoms with van der Waals surface area (Å²) in [6.45, 7) is 3.33. The molecular weight excluding hydrogens is 682 g/mol. The second-order valence-corrected chi connectivity index (χ2v) is 17.1. The highest BCUT2D eigenvalue weighted by Crippen LogP contribution is 2.41. The number of aliphatic hydroxyl groups excluding tert-OH is 1. The van der Waals surface area contributed by atoms with E-state index in [9.17, 15) is 9.90 Å². The maximum absolute atomic E-state index is 13.3. The van der Waals surface area contributed by atoms with E-state index in [2.05, 4.69) is 72.6 Å². The number of ether oxygens (including phenoxy) is 3. The Labute approximate surface area is 306 Å². The van der Waals surface area contributed by atoms with Crippen molar-refractivity contribution in [3.05, 3.63) is 100 Å². The van der Waals surface area contributed by atoms with Gasteiger partial charge in [-0.05, 0) is 60.2 Å². The molecule has 0 aliphatic carbocycles. The van der Waals surface area contributed by atoms with E-state index in [-0.39, 0.29) is 19.5 Å². The van der Waals surface area contributed by atoms with Gasteiger partial charge < -0.3 is 28.7 Å². The standard InChI is InChI=1S/C40H48ClN3O6Si/c1-4-5-25-51(28-15-8-6-9-16-28,29-17-10-7-11-18-29)50-24-14-19-30-31-21-22-32(41)36(38(31)42-39(30)40(46)47-3)37-33(43-44(2)34(37)26-45)27-49-35-20-12-13-23-48-35/h6-11,15-18,21-22,35,42,45H,4-5,12-14,19-20,23-27H2,1-3H3. The molecule has 1 aliphatic rings. The van der Waals surface area contributed by atoms with Gasteiger partial charge in [0, 0.05) is 36.8 Å². The van der Waals surface area contributed by atoms with Gasteiger partial charge in [0.25, 0.3) is 8.32 Å². The molecule has 0 bridgehead atoms. The number of carbonyl (C=O) groups is 1. The molecule has 51 heavy (non-hydrogen) atoms. The highest BCUT2D eigenvalue weighted by molar-refractivity contribution is 6.97. The number of benzene rings is 3. The molecule has 1 unspecified atom stereocenters. The third kappa shape index (κ3) is 7.86. The van der Waals surface area contributed by atoms with Crippen molar-refractivity contribution >= 4 is 47.2 Å². The summed E-state index contributed by atoms with van der Waals surface area (Å²) in [6, 6.07) is 26.1. The number of esters is 1. The number of aliphatic hydroxyl groups is 1. The lowest BCUT2D eigenvalue weighted by atomic mass is 9.98. The SMILES string of the molecule is CCCC[Si](OCCCc1c(C(=O)OC)[nH]c2c(-c3c(COC4CCCCO4)nn(C)c3CO)c(Cl)ccc12)(c1ccccc1)c1ccccc1. The van der Waals surface area contributed by atoms with E-state index in [4.69, 9.17) is 35.3 Å². The molecule has 1 fully saturated rings. The van der Waals surface area contributed by atoms with Crippen molar-refractivity contribution in [2.24, 2.45) is 7.05 Å². The van der Waals surface area contributed by atoms with Crippen molar-refractivity contribution < 1.29 is 28.5 Å². The van der Waals surface area contributed by atoms with Crippen LogP contribution in [-0.4, -0.2) is 60.8 Å². The van der Waals surface area contributed by atoms with Gasteiger partial charge >= 0.3 is 5.97 Å². The van der Waals surface area contributed by atoms with E-state index in [0.717, 1.165) is 49.1 Å². The van der Waals surface area contributed by atoms with Gasteiger partial charge in [-0.1, -0.05) is 98.1 Å². The summed E-state index contributed by atoms with van der Waals surface area (Å²) in [6.07, 6.45) is 5.97. The van der Waals surface area contributed by atoms with E-state index in [0.29, 0.717) is 64.8 Å². The van der Waals surface area contributed by atoms with Gasteiger partial charge in [0.05, 0.1) is 42.3 Å². The molecule has 3 aromatic carbocycles. The minimum absolute atomic E-state index is 0.182. The summed E-state index contributed by atoms with van der Waals surface area (Å²) in [5, 5.41) is 19.1. The Morgan fingerprint density at radius 3 is 2.39 bits per heavy atom. The third-order valence-electron chi connectivity index (χ3n) is 9.89. The summed E-state index contributed by atoms with van der Waals surface area (Å²) in [5.74, 6) is -0.462. The molecule has 0 radical (unpaired) electrons. The number of hydrogen-bond acceptors (Lipinski definition) is 7. The summed E-state index contributed by atoms with van der Waals surface area (Å²) in [7, 11) is 0.622. The number of unbranched alkanes of at least 4 members (excludes halogenated alkanes) is 1. The molecular formula is C40H48ClN3O6Si. The lowest BCUT2D eigenvalue weighted by Crippen LogP contribution is -2.60. The van der Waals surface area contributed by atoms with E-state index in [1.807, 2.05) is 12.1 Å². The van der Waals surface area contributed by atoms with Gasteiger partial charge in [-0.2, -0.15) is 5.10 Å². The summed E-state index contributed by atoms with van der Waals surface area (Å²) < 4.78 is 26.0. The Kier molecular flexibility index (Phi) is 12.5. The number of hydrogen-bond donors (Lipinski definition) is 2. The summed E-state index contributed by atoms with van der Waals surface area (Å²) in [4.78, 5) is 16.7. The largest absolute Gasteiger partial charge is 0.464 e. The maximum atomic E-state index is 13.3. The molecule has 1 atom stereocenters. The predicted molar refractivity (Wildman–Crippen MR) is 203 cm³/mol. The second kappa shape index (κ2) is 17.2. The summed E-state index contributed by atoms with van der Waals surface area (Å²) >= 11 is 6.97. The number of nitrogens with zero attached hydrogens (tertiary/aromatic N) is 2. The van der Waals surface area contributed by atoms with E-state index in [1.54, 1.807) is 11.7 Å². The quantitative estimate of drug-likeness (QED) is 0.0637. The Bertz CT molecular complexity index is 1870. The van der Waals surface area contributed by atoms with Crippen molar-refractivity contribution in [2.45, 2.75) is 77.4 Å². The Morgan fingerprint density at radius 2 is 1.76 bits per heavy atom. The van der Waals surface area contributed by atoms with E-state index >= 15 is 0 Å². The van der Waals surface area contributed by atoms with Gasteiger partial charge in [0.1, 0.15) is 5.69 Å². The highest BCUT2D eigenvalue weighted by Gasteiger charge is 2.39. The van der Waals surface area contributed by atoms with Crippen molar-refractivity contribution in [1.82, 2.24) is 14.8 Å². The third-order valence-corrected chi connectivity index (χ3v) is 14.5. The molecule has 5 aromatic rings. The average molecular weight is 730 g/mol. The molecule has 0 amide bonds. The molecule has 0 spiro atoms. The van der Waals surface area contributed by atoms with Crippen LogP contribution >= 0.6 is 11.6 Å². The normalized spacial score (nSPS) is 15.0. The molecule has 1 aliphatic heterocycles. The number of halogens is 1. The first kappa shape index (κ1) is 37.0. The minimum Gasteiger partial charge on any atom is -0.464 e. The van der Waals surface area contributed by atoms with Gasteiger partial charge in [-0.3, -0.25) is 4.68 Å². The fraction of sp³-hybridized carbons (Fsp3) is 0.400. The zero-order valence-corrected chi connectivity index (χ0v) is 31.5. The molecule has 270 valence electrons. The molecule has 1 saturated heterocycles. The highest BCUT2D eigenvalue weighted by atomic mass is 35.5. The number of H-pyrrole nitrogens is 1. The van der Waals surface area contributed by atoms with Gasteiger partial charge in [0.2, 0.25) is 0 Å². The van der Waals surface area contributed by atoms with Crippen molar-refractivity contribution in [3.8, 4) is 11.1 Å². The van der Waals surface area contributed by atoms with Crippen molar-refractivity contribution in [2.75, 3.05) is 20.3 Å². The lowest BCUT2D eigenvalue weighted by Gasteiger charge is -2.33. The molecule has 2 aromatic heterocycles. The average Bonchev–Trinajstić information content (AvgIpc) is 3.70. The van der Waals surface area contributed by atoms with Crippen LogP contribution < -0.4 is 10.4 Å². The molecule has 6 rings (SSSR count). The van der Waals surface area contributed by atoms with Crippen LogP contribution in [0, 0.1) is 0 Å². The van der Waals surface area contributed by atoms with Gasteiger partial charge in [0.15, 0.2) is 6.29 Å². The van der Waals surface area contributed by atoms with Crippen LogP contribution in [0.1, 0.15) is 72.9 Å². The monoisotopic (exact) mass is 729 g/mol. The first-order valence-electron chi connectivity index (χ1n) is 18.0. The zero-order chi connectivity index (χ0) is 35.8. The minimum atomic E-state index is -2.55. The number of methoxy groups -OCH3 is 1. The molecule has 0 saturated carbocycles. The predicted octanol–water partition coefficient (Wildman–Crippen LogP) is 7.05. The first-order chi connectivity index (χ1) is 24.9. The summed E-state index contributed by atoms with van der Waals surface area (Å²) in [5.41, 5.74) is 4.44. The molecule has 9 nitrogen and oxygen atoms in total. The fourth-order valence-electron chi connectivity index (χ4n) is 7.31. The smallest absolute Gasteiger partial charge is 0.354 e. The van der Waals surface area contributed by atoms with Crippen LogP contribution in [0.4, 0.5) is 0 Å². The van der Waals surface area contributed by atoms with Crippen LogP contribution in [0.5, 0.6) is 0 Å². The number of aromatic amines is 1. The number of aryl methyl sites for hydroxylation is 2. The van der Waals surface area contributed by atoms with Crippen molar-refractivity contribution in [3.63, 3.8) is 0 Å². The fourth-order valence-corrected chi connectivity index (χ4v) is 11.8. The van der Waals surface area contributed by atoms with Crippen LogP contribution in [0.2, 0.25) is 11.1 Å². The van der Waals surface area contributed by atoms with E-state index in [1.165, 1.54) is 17.5 Å². The van der Waals surface area contributed by atoms with Gasteiger partial charge in [-0.25, -0.2) is 4.79 Å². The van der Waals surface area contributed by atoms with Crippen LogP contribution in [-0.2, 0) is 45.3 Å². The van der Waals surface area contributed by atoms with Crippen molar-refractivity contribution in [1.29, 1.82) is 0 Å². The number of aromatic nitrogens is 3. The second-order valence-electron chi connectivity index (χ2n) is 13.1. The molecule has 11 heteroatoms. The van der Waals surface area contributed by atoms with E-state index < -0.39 is 14.3 Å². The Morgan fingerprint density at radius 1 is 1.04 bits per heavy atom. The van der Waals surface area contributed by atoms with Gasteiger partial charge in [-0.15, -0.1) is 0 Å². The molecule has 3 heterocycles. The number of fused-ring (bicyclic) bond motifs is 1. The number of carbonyl (C=O) groups excluding carboxylic acids is 1. The Hall–Kier alpha value is -3.77. The number of nitrogens with one attached hydrogen (secondary N) is 1. The van der Waals surface area contributed by atoms with Crippen LogP contribution in [0.15, 0.2) is 72.8 Å². The lowest BCUT2D eigenvalue weighted by molar-refractivity contribution is -0.169.